The number of hydrogen-bond acceptors (Lipinski definition) is 6. The Hall–Kier alpha value is -3.14. The molecule has 0 aromatic heterocycles. The van der Waals surface area contributed by atoms with Crippen molar-refractivity contribution in [3.05, 3.63) is 84.4 Å². The fourth-order valence-electron chi connectivity index (χ4n) is 4.97. The Labute approximate surface area is 265 Å². The first-order valence-corrected chi connectivity index (χ1v) is 18.4. The summed E-state index contributed by atoms with van der Waals surface area (Å²) >= 11 is 0. The van der Waals surface area contributed by atoms with Gasteiger partial charge in [-0.3, -0.25) is 4.90 Å². The Morgan fingerprint density at radius 1 is 1.00 bits per heavy atom. The van der Waals surface area contributed by atoms with Gasteiger partial charge in [-0.05, 0) is 62.9 Å². The van der Waals surface area contributed by atoms with Crippen LogP contribution in [0.25, 0.3) is 0 Å². The minimum atomic E-state index is -2.42. The van der Waals surface area contributed by atoms with E-state index in [-0.39, 0.29) is 17.7 Å². The van der Waals surface area contributed by atoms with E-state index in [0.29, 0.717) is 26.0 Å². The minimum absolute atomic E-state index is 0.121. The van der Waals surface area contributed by atoms with Gasteiger partial charge in [0.15, 0.2) is 8.32 Å². The van der Waals surface area contributed by atoms with Gasteiger partial charge in [0.1, 0.15) is 12.2 Å². The van der Waals surface area contributed by atoms with Gasteiger partial charge in [-0.15, -0.1) is 6.58 Å². The van der Waals surface area contributed by atoms with Gasteiger partial charge in [0, 0.05) is 0 Å². The molecule has 1 heterocycles. The normalized spacial score (nSPS) is 18.8. The summed E-state index contributed by atoms with van der Waals surface area (Å²) in [5.41, 5.74) is 1.25. The highest BCUT2D eigenvalue weighted by molar-refractivity contribution is 6.74. The van der Waals surface area contributed by atoms with E-state index < -0.39 is 44.3 Å². The molecule has 4 atom stereocenters. The molecule has 2 aromatic rings. The van der Waals surface area contributed by atoms with E-state index in [4.69, 9.17) is 18.6 Å². The van der Waals surface area contributed by atoms with E-state index in [1.54, 1.807) is 11.0 Å². The summed E-state index contributed by atoms with van der Waals surface area (Å²) in [5, 5.41) is 3.03. The van der Waals surface area contributed by atoms with Crippen LogP contribution in [0.1, 0.15) is 59.1 Å². The fourth-order valence-corrected chi connectivity index (χ4v) is 6.33. The zero-order valence-electron chi connectivity index (χ0n) is 27.8. The Bertz CT molecular complexity index is 1210. The first-order valence-electron chi connectivity index (χ1n) is 15.5. The highest BCUT2D eigenvalue weighted by Crippen LogP contribution is 2.40. The van der Waals surface area contributed by atoms with Gasteiger partial charge in [0.25, 0.3) is 0 Å². The maximum Gasteiger partial charge on any atom is 0.410 e. The molecule has 2 amide bonds. The Morgan fingerprint density at radius 2 is 1.59 bits per heavy atom. The number of nitrogens with zero attached hydrogens (tertiary/aromatic N) is 1. The largest absolute Gasteiger partial charge is 0.445 e. The van der Waals surface area contributed by atoms with Crippen molar-refractivity contribution in [1.82, 2.24) is 10.2 Å². The molecule has 8 nitrogen and oxygen atoms in total. The van der Waals surface area contributed by atoms with Gasteiger partial charge < -0.3 is 24.0 Å². The van der Waals surface area contributed by atoms with E-state index in [2.05, 4.69) is 45.8 Å². The van der Waals surface area contributed by atoms with Crippen molar-refractivity contribution in [3.8, 4) is 0 Å². The third-order valence-corrected chi connectivity index (χ3v) is 12.7. The van der Waals surface area contributed by atoms with Crippen LogP contribution in [-0.2, 0) is 31.7 Å². The summed E-state index contributed by atoms with van der Waals surface area (Å²) in [4.78, 5) is 28.8. The van der Waals surface area contributed by atoms with Crippen LogP contribution >= 0.6 is 0 Å². The molecule has 1 saturated heterocycles. The average molecular weight is 625 g/mol. The number of alkyl carbamates (subject to hydrolysis) is 1. The molecule has 0 bridgehead atoms. The van der Waals surface area contributed by atoms with Crippen LogP contribution in [0.15, 0.2) is 73.3 Å². The van der Waals surface area contributed by atoms with Crippen LogP contribution in [0, 0.1) is 0 Å². The number of ether oxygens (including phenoxy) is 3. The lowest BCUT2D eigenvalue weighted by atomic mass is 9.94. The van der Waals surface area contributed by atoms with Crippen molar-refractivity contribution < 1.29 is 28.2 Å². The summed E-state index contributed by atoms with van der Waals surface area (Å²) in [6.45, 7) is 21.1. The topological polar surface area (TPSA) is 86.3 Å². The number of rotatable bonds is 12. The molecule has 0 unspecified atom stereocenters. The van der Waals surface area contributed by atoms with Crippen LogP contribution in [0.5, 0.6) is 0 Å². The second-order valence-corrected chi connectivity index (χ2v) is 18.8. The van der Waals surface area contributed by atoms with Gasteiger partial charge in [0.05, 0.1) is 37.4 Å². The number of amides is 2. The fraction of sp³-hybridized carbons (Fsp3) is 0.543. The summed E-state index contributed by atoms with van der Waals surface area (Å²) in [6.07, 6.45) is 0.942. The molecule has 0 spiro atoms. The van der Waals surface area contributed by atoms with Crippen molar-refractivity contribution in [2.75, 3.05) is 13.2 Å². The highest BCUT2D eigenvalue weighted by Gasteiger charge is 2.49. The minimum Gasteiger partial charge on any atom is -0.445 e. The van der Waals surface area contributed by atoms with Crippen molar-refractivity contribution in [3.63, 3.8) is 0 Å². The predicted molar refractivity (Wildman–Crippen MR) is 177 cm³/mol. The summed E-state index contributed by atoms with van der Waals surface area (Å²) in [5.74, 6) is 0. The van der Waals surface area contributed by atoms with Gasteiger partial charge in [0.2, 0.25) is 0 Å². The van der Waals surface area contributed by atoms with Crippen molar-refractivity contribution in [1.29, 1.82) is 0 Å². The molecule has 1 N–H and O–H groups in total. The zero-order valence-corrected chi connectivity index (χ0v) is 28.8. The molecule has 0 aliphatic carbocycles. The zero-order chi connectivity index (χ0) is 32.5. The molecular weight excluding hydrogens is 572 g/mol. The Morgan fingerprint density at radius 3 is 2.14 bits per heavy atom. The molecule has 1 aliphatic rings. The molecule has 0 radical (unpaired) electrons. The highest BCUT2D eigenvalue weighted by atomic mass is 28.4. The van der Waals surface area contributed by atoms with Gasteiger partial charge in [-0.2, -0.15) is 0 Å². The summed E-state index contributed by atoms with van der Waals surface area (Å²) in [6, 6.07) is 18.6. The molecule has 1 aliphatic heterocycles. The smallest absolute Gasteiger partial charge is 0.410 e. The Kier molecular flexibility index (Phi) is 12.2. The SMILES string of the molecule is C=CCO[C@@H]1C[C@H]([C@H](O[Si](C)(C)C(C)(C)C)[C@H](Cc2ccccc2)NC(=O)OCc2ccccc2)N(C(=O)OC(C)(C)C)C1. The van der Waals surface area contributed by atoms with Crippen LogP contribution in [0.4, 0.5) is 9.59 Å². The van der Waals surface area contributed by atoms with Crippen molar-refractivity contribution in [2.24, 2.45) is 0 Å². The van der Waals surface area contributed by atoms with Crippen molar-refractivity contribution >= 4 is 20.5 Å². The number of carbonyl (C=O) groups is 2. The van der Waals surface area contributed by atoms with E-state index in [0.717, 1.165) is 11.1 Å². The summed E-state index contributed by atoms with van der Waals surface area (Å²) < 4.78 is 24.8. The lowest BCUT2D eigenvalue weighted by Gasteiger charge is -2.45. The maximum atomic E-state index is 13.7. The lowest BCUT2D eigenvalue weighted by molar-refractivity contribution is 0.000198. The van der Waals surface area contributed by atoms with E-state index >= 15 is 0 Å². The van der Waals surface area contributed by atoms with Crippen LogP contribution in [0.2, 0.25) is 18.1 Å². The maximum absolute atomic E-state index is 13.7. The number of benzene rings is 2. The first kappa shape index (κ1) is 35.3. The quantitative estimate of drug-likeness (QED) is 0.195. The molecule has 0 saturated carbocycles. The molecule has 2 aromatic carbocycles. The number of hydrogen-bond donors (Lipinski definition) is 1. The second-order valence-electron chi connectivity index (χ2n) is 14.0. The molecular formula is C35H52N2O6Si. The lowest BCUT2D eigenvalue weighted by Crippen LogP contribution is -2.60. The molecule has 3 rings (SSSR count). The van der Waals surface area contributed by atoms with E-state index in [1.165, 1.54) is 0 Å². The van der Waals surface area contributed by atoms with E-state index in [1.807, 2.05) is 81.4 Å². The number of nitrogens with one attached hydrogen (secondary N) is 1. The molecule has 44 heavy (non-hydrogen) atoms. The molecule has 242 valence electrons. The molecule has 1 fully saturated rings. The third kappa shape index (κ3) is 10.5. The van der Waals surface area contributed by atoms with Gasteiger partial charge >= 0.3 is 12.2 Å². The van der Waals surface area contributed by atoms with E-state index in [9.17, 15) is 9.59 Å². The Balaban J connectivity index is 2.03. The number of likely N-dealkylation sites (tertiary alicyclic amines) is 1. The van der Waals surface area contributed by atoms with Gasteiger partial charge in [-0.1, -0.05) is 87.5 Å². The first-order chi connectivity index (χ1) is 20.6. The molecule has 9 heteroatoms. The average Bonchev–Trinajstić information content (AvgIpc) is 3.37. The van der Waals surface area contributed by atoms with Crippen molar-refractivity contribution in [2.45, 2.75) is 109 Å². The third-order valence-electron chi connectivity index (χ3n) is 8.21. The monoisotopic (exact) mass is 624 g/mol. The predicted octanol–water partition coefficient (Wildman–Crippen LogP) is 7.50. The number of carbonyl (C=O) groups excluding carboxylic acids is 2. The summed E-state index contributed by atoms with van der Waals surface area (Å²) in [7, 11) is -2.42. The second kappa shape index (κ2) is 15.2. The van der Waals surface area contributed by atoms with Crippen LogP contribution < -0.4 is 5.32 Å². The van der Waals surface area contributed by atoms with Gasteiger partial charge in [-0.25, -0.2) is 9.59 Å². The van der Waals surface area contributed by atoms with Crippen LogP contribution in [-0.4, -0.2) is 68.4 Å². The van der Waals surface area contributed by atoms with Crippen LogP contribution in [0.3, 0.4) is 0 Å². The standard InChI is InChI=1S/C35H52N2O6Si/c1-10-21-40-28-23-30(37(24-28)33(39)42-34(2,3)4)31(43-44(8,9)35(5,6)7)29(22-26-17-13-11-14-18-26)36-32(38)41-25-27-19-15-12-16-20-27/h10-20,28-31H,1,21-25H2,2-9H3,(H,36,38)/t28-,29+,30-,31-/m1/s1.